The van der Waals surface area contributed by atoms with Crippen molar-refractivity contribution < 1.29 is 27.1 Å². The normalized spacial score (nSPS) is 14.8. The van der Waals surface area contributed by atoms with Gasteiger partial charge in [-0.05, 0) is 43.3 Å². The van der Waals surface area contributed by atoms with Crippen molar-refractivity contribution in [3.63, 3.8) is 0 Å². The SMILES string of the molecule is CCOc1ccc(CN(Cc2cccc(C(F)(F)F)c2)Cc2nc(C(=O)N3CCN(C)CC3)co2)cc1. The average molecular weight is 517 g/mol. The van der Waals surface area contributed by atoms with E-state index in [1.54, 1.807) is 11.0 Å². The summed E-state index contributed by atoms with van der Waals surface area (Å²) in [6.45, 7) is 6.19. The summed E-state index contributed by atoms with van der Waals surface area (Å²) in [5.41, 5.74) is 1.01. The van der Waals surface area contributed by atoms with Gasteiger partial charge in [-0.25, -0.2) is 4.98 Å². The van der Waals surface area contributed by atoms with E-state index in [1.165, 1.54) is 12.3 Å². The topological polar surface area (TPSA) is 62.1 Å². The minimum absolute atomic E-state index is 0.181. The maximum Gasteiger partial charge on any atom is 0.416 e. The summed E-state index contributed by atoms with van der Waals surface area (Å²) < 4.78 is 50.9. The van der Waals surface area contributed by atoms with Gasteiger partial charge in [0, 0.05) is 39.3 Å². The highest BCUT2D eigenvalue weighted by molar-refractivity contribution is 5.92. The van der Waals surface area contributed by atoms with Crippen molar-refractivity contribution in [3.05, 3.63) is 83.1 Å². The van der Waals surface area contributed by atoms with E-state index in [0.717, 1.165) is 36.5 Å². The minimum Gasteiger partial charge on any atom is -0.494 e. The van der Waals surface area contributed by atoms with E-state index in [9.17, 15) is 18.0 Å². The monoisotopic (exact) mass is 516 g/mol. The van der Waals surface area contributed by atoms with Crippen molar-refractivity contribution in [2.75, 3.05) is 39.8 Å². The first-order valence-electron chi connectivity index (χ1n) is 12.2. The number of oxazole rings is 1. The zero-order valence-electron chi connectivity index (χ0n) is 21.0. The van der Waals surface area contributed by atoms with Crippen molar-refractivity contribution in [2.24, 2.45) is 0 Å². The Balaban J connectivity index is 1.51. The van der Waals surface area contributed by atoms with E-state index >= 15 is 0 Å². The van der Waals surface area contributed by atoms with Crippen molar-refractivity contribution in [3.8, 4) is 5.75 Å². The van der Waals surface area contributed by atoms with E-state index < -0.39 is 11.7 Å². The molecule has 0 bridgehead atoms. The number of amides is 1. The predicted octanol–water partition coefficient (Wildman–Crippen LogP) is 4.68. The van der Waals surface area contributed by atoms with Crippen LogP contribution in [0.1, 0.15) is 40.0 Å². The van der Waals surface area contributed by atoms with Gasteiger partial charge in [-0.2, -0.15) is 13.2 Å². The predicted molar refractivity (Wildman–Crippen MR) is 132 cm³/mol. The van der Waals surface area contributed by atoms with Crippen molar-refractivity contribution in [1.29, 1.82) is 0 Å². The van der Waals surface area contributed by atoms with Crippen molar-refractivity contribution in [2.45, 2.75) is 32.7 Å². The first-order valence-corrected chi connectivity index (χ1v) is 12.2. The first-order chi connectivity index (χ1) is 17.7. The van der Waals surface area contributed by atoms with E-state index in [1.807, 2.05) is 43.1 Å². The lowest BCUT2D eigenvalue weighted by Gasteiger charge is -2.31. The Labute approximate surface area is 214 Å². The molecule has 0 aliphatic carbocycles. The molecule has 0 unspecified atom stereocenters. The van der Waals surface area contributed by atoms with Gasteiger partial charge in [-0.15, -0.1) is 0 Å². The summed E-state index contributed by atoms with van der Waals surface area (Å²) in [6, 6.07) is 12.8. The smallest absolute Gasteiger partial charge is 0.416 e. The molecule has 10 heteroatoms. The minimum atomic E-state index is -4.42. The van der Waals surface area contributed by atoms with Crippen molar-refractivity contribution >= 4 is 5.91 Å². The van der Waals surface area contributed by atoms with Crippen LogP contribution in [0.15, 0.2) is 59.2 Å². The molecule has 1 aliphatic heterocycles. The molecule has 1 aromatic heterocycles. The standard InChI is InChI=1S/C27H31F3N4O3/c1-3-36-23-9-7-20(8-10-23)16-33(17-21-5-4-6-22(15-21)27(28,29)30)18-25-31-24(19-37-25)26(35)34-13-11-32(2)12-14-34/h4-10,15,19H,3,11-14,16-18H2,1-2H3. The van der Waals surface area contributed by atoms with Crippen LogP contribution in [0.5, 0.6) is 5.75 Å². The van der Waals surface area contributed by atoms with Gasteiger partial charge in [0.2, 0.25) is 5.89 Å². The summed E-state index contributed by atoms with van der Waals surface area (Å²) in [5.74, 6) is 0.893. The third-order valence-electron chi connectivity index (χ3n) is 6.22. The van der Waals surface area contributed by atoms with Crippen LogP contribution < -0.4 is 4.74 Å². The number of halogens is 3. The van der Waals surface area contributed by atoms with Gasteiger partial charge in [0.25, 0.3) is 5.91 Å². The van der Waals surface area contributed by atoms with Crippen LogP contribution in [-0.4, -0.2) is 65.4 Å². The summed E-state index contributed by atoms with van der Waals surface area (Å²) >= 11 is 0. The molecule has 3 aromatic rings. The quantitative estimate of drug-likeness (QED) is 0.412. The molecule has 0 atom stereocenters. The van der Waals surface area contributed by atoms with Gasteiger partial charge in [-0.3, -0.25) is 9.69 Å². The molecule has 1 amide bonds. The Morgan fingerprint density at radius 2 is 1.73 bits per heavy atom. The molecule has 4 rings (SSSR count). The lowest BCUT2D eigenvalue weighted by atomic mass is 10.1. The fourth-order valence-corrected chi connectivity index (χ4v) is 4.23. The number of piperazine rings is 1. The molecule has 1 aliphatic rings. The number of carbonyl (C=O) groups excluding carboxylic acids is 1. The number of carbonyl (C=O) groups is 1. The number of aromatic nitrogens is 1. The van der Waals surface area contributed by atoms with Crippen LogP contribution in [0.4, 0.5) is 13.2 Å². The number of hydrogen-bond donors (Lipinski definition) is 0. The highest BCUT2D eigenvalue weighted by Crippen LogP contribution is 2.30. The number of nitrogens with zero attached hydrogens (tertiary/aromatic N) is 4. The lowest BCUT2D eigenvalue weighted by molar-refractivity contribution is -0.137. The Hall–Kier alpha value is -3.37. The number of alkyl halides is 3. The third-order valence-corrected chi connectivity index (χ3v) is 6.22. The van der Waals surface area contributed by atoms with E-state index in [4.69, 9.17) is 9.15 Å². The van der Waals surface area contributed by atoms with Gasteiger partial charge < -0.3 is 19.0 Å². The maximum absolute atomic E-state index is 13.3. The number of likely N-dealkylation sites (N-methyl/N-ethyl adjacent to an activating group) is 1. The molecule has 7 nitrogen and oxygen atoms in total. The lowest BCUT2D eigenvalue weighted by Crippen LogP contribution is -2.47. The highest BCUT2D eigenvalue weighted by atomic mass is 19.4. The Morgan fingerprint density at radius 3 is 2.41 bits per heavy atom. The Kier molecular flexibility index (Phi) is 8.50. The molecule has 0 N–H and O–H groups in total. The van der Waals surface area contributed by atoms with Gasteiger partial charge in [-0.1, -0.05) is 30.3 Å². The van der Waals surface area contributed by atoms with E-state index in [2.05, 4.69) is 9.88 Å². The second-order valence-electron chi connectivity index (χ2n) is 9.14. The fraction of sp³-hybridized carbons (Fsp3) is 0.407. The molecule has 37 heavy (non-hydrogen) atoms. The largest absolute Gasteiger partial charge is 0.494 e. The maximum atomic E-state index is 13.3. The fourth-order valence-electron chi connectivity index (χ4n) is 4.23. The second-order valence-corrected chi connectivity index (χ2v) is 9.14. The van der Waals surface area contributed by atoms with E-state index in [0.29, 0.717) is 37.7 Å². The van der Waals surface area contributed by atoms with E-state index in [-0.39, 0.29) is 24.7 Å². The summed E-state index contributed by atoms with van der Waals surface area (Å²) in [5, 5.41) is 0. The zero-order valence-corrected chi connectivity index (χ0v) is 21.0. The molecular formula is C27H31F3N4O3. The zero-order chi connectivity index (χ0) is 26.4. The number of rotatable bonds is 9. The summed E-state index contributed by atoms with van der Waals surface area (Å²) in [4.78, 5) is 23.1. The van der Waals surface area contributed by atoms with Crippen LogP contribution in [0.2, 0.25) is 0 Å². The molecule has 2 aromatic carbocycles. The first kappa shape index (κ1) is 26.7. The van der Waals surface area contributed by atoms with Crippen molar-refractivity contribution in [1.82, 2.24) is 19.7 Å². The van der Waals surface area contributed by atoms with Gasteiger partial charge >= 0.3 is 6.18 Å². The number of ether oxygens (including phenoxy) is 1. The van der Waals surface area contributed by atoms with Crippen LogP contribution in [0.25, 0.3) is 0 Å². The summed E-state index contributed by atoms with van der Waals surface area (Å²) in [7, 11) is 2.01. The Morgan fingerprint density at radius 1 is 1.03 bits per heavy atom. The Bertz CT molecular complexity index is 1170. The number of hydrogen-bond acceptors (Lipinski definition) is 6. The molecule has 0 saturated carbocycles. The van der Waals surface area contributed by atoms with Gasteiger partial charge in [0.1, 0.15) is 12.0 Å². The molecular weight excluding hydrogens is 485 g/mol. The molecule has 0 spiro atoms. The van der Waals surface area contributed by atoms with Gasteiger partial charge in [0.15, 0.2) is 5.69 Å². The highest BCUT2D eigenvalue weighted by Gasteiger charge is 2.30. The van der Waals surface area contributed by atoms with Crippen LogP contribution >= 0.6 is 0 Å². The second kappa shape index (κ2) is 11.8. The molecule has 2 heterocycles. The average Bonchev–Trinajstić information content (AvgIpc) is 3.33. The number of benzene rings is 2. The summed E-state index contributed by atoms with van der Waals surface area (Å²) in [6.07, 6.45) is -3.06. The molecule has 1 fully saturated rings. The van der Waals surface area contributed by atoms with Gasteiger partial charge in [0.05, 0.1) is 18.7 Å². The molecule has 1 saturated heterocycles. The third kappa shape index (κ3) is 7.33. The van der Waals surface area contributed by atoms with Crippen LogP contribution in [0.3, 0.4) is 0 Å². The molecule has 198 valence electrons. The van der Waals surface area contributed by atoms with Crippen LogP contribution in [0, 0.1) is 0 Å². The van der Waals surface area contributed by atoms with Crippen LogP contribution in [-0.2, 0) is 25.8 Å². The molecule has 0 radical (unpaired) electrons.